The molecule has 0 amide bonds. The number of hydrogen-bond acceptors (Lipinski definition) is 5. The summed E-state index contributed by atoms with van der Waals surface area (Å²) in [4.78, 5) is 1.40. The van der Waals surface area contributed by atoms with Crippen molar-refractivity contribution in [1.82, 2.24) is 5.43 Å². The molecule has 4 unspecified atom stereocenters. The van der Waals surface area contributed by atoms with Crippen LogP contribution in [-0.2, 0) is 0 Å². The van der Waals surface area contributed by atoms with E-state index in [1.165, 1.54) is 16.2 Å². The monoisotopic (exact) mass is 288 g/mol. The van der Waals surface area contributed by atoms with Crippen molar-refractivity contribution in [2.24, 2.45) is 5.84 Å². The quantitative estimate of drug-likeness (QED) is 0.662. The molecule has 1 fully saturated rings. The van der Waals surface area contributed by atoms with E-state index >= 15 is 0 Å². The summed E-state index contributed by atoms with van der Waals surface area (Å²) in [6.45, 7) is 6.81. The molecule has 0 aliphatic carbocycles. The Morgan fingerprint density at radius 1 is 1.41 bits per heavy atom. The molecule has 0 bridgehead atoms. The van der Waals surface area contributed by atoms with Crippen LogP contribution in [0.4, 0.5) is 0 Å². The van der Waals surface area contributed by atoms with Gasteiger partial charge in [-0.2, -0.15) is 23.5 Å². The highest BCUT2D eigenvalue weighted by Gasteiger charge is 2.32. The molecule has 5 heteroatoms. The third-order valence-electron chi connectivity index (χ3n) is 3.31. The van der Waals surface area contributed by atoms with E-state index in [0.29, 0.717) is 16.5 Å². The standard InChI is InChI=1S/C12H20N2S3/c1-7-4-5-15-12(7)11(14-13)10-6-16-8(2)9(3)17-10/h4-5,8-11,14H,6,13H2,1-3H3. The Bertz CT molecular complexity index is 366. The first-order valence-corrected chi connectivity index (χ1v) is 8.77. The van der Waals surface area contributed by atoms with Gasteiger partial charge in [0.15, 0.2) is 0 Å². The second-order valence-corrected chi connectivity index (χ2v) is 8.51. The van der Waals surface area contributed by atoms with Crippen LogP contribution >= 0.6 is 34.9 Å². The summed E-state index contributed by atoms with van der Waals surface area (Å²) in [6.07, 6.45) is 0. The van der Waals surface area contributed by atoms with Crippen LogP contribution in [0.3, 0.4) is 0 Å². The Morgan fingerprint density at radius 3 is 2.71 bits per heavy atom. The average Bonchev–Trinajstić information content (AvgIpc) is 2.71. The molecule has 4 atom stereocenters. The maximum Gasteiger partial charge on any atom is 0.0682 e. The van der Waals surface area contributed by atoms with Crippen LogP contribution in [0, 0.1) is 6.92 Å². The summed E-state index contributed by atoms with van der Waals surface area (Å²) in [6, 6.07) is 2.47. The minimum Gasteiger partial charge on any atom is -0.271 e. The number of aryl methyl sites for hydroxylation is 1. The number of rotatable bonds is 3. The summed E-state index contributed by atoms with van der Waals surface area (Å²) in [7, 11) is 0. The predicted octanol–water partition coefficient (Wildman–Crippen LogP) is 3.19. The molecule has 1 aromatic heterocycles. The minimum absolute atomic E-state index is 0.294. The maximum absolute atomic E-state index is 5.78. The highest BCUT2D eigenvalue weighted by molar-refractivity contribution is 8.07. The lowest BCUT2D eigenvalue weighted by atomic mass is 10.1. The highest BCUT2D eigenvalue weighted by atomic mass is 32.2. The lowest BCUT2D eigenvalue weighted by Crippen LogP contribution is -2.40. The molecule has 0 saturated carbocycles. The van der Waals surface area contributed by atoms with Gasteiger partial charge in [-0.1, -0.05) is 13.8 Å². The second-order valence-electron chi connectivity index (χ2n) is 4.53. The van der Waals surface area contributed by atoms with Gasteiger partial charge in [-0.15, -0.1) is 11.3 Å². The smallest absolute Gasteiger partial charge is 0.0682 e. The summed E-state index contributed by atoms with van der Waals surface area (Å²) >= 11 is 5.96. The molecule has 2 heterocycles. The Labute approximate surface area is 116 Å². The molecule has 2 nitrogen and oxygen atoms in total. The molecule has 1 saturated heterocycles. The fourth-order valence-electron chi connectivity index (χ4n) is 2.04. The molecule has 1 aliphatic heterocycles. The number of nitrogens with one attached hydrogen (secondary N) is 1. The molecule has 0 aromatic carbocycles. The molecule has 0 radical (unpaired) electrons. The van der Waals surface area contributed by atoms with Crippen molar-refractivity contribution in [2.75, 3.05) is 5.75 Å². The van der Waals surface area contributed by atoms with Crippen LogP contribution in [0.5, 0.6) is 0 Å². The van der Waals surface area contributed by atoms with E-state index in [0.717, 1.165) is 5.25 Å². The van der Waals surface area contributed by atoms with Gasteiger partial charge in [0.25, 0.3) is 0 Å². The Morgan fingerprint density at radius 2 is 2.18 bits per heavy atom. The van der Waals surface area contributed by atoms with Gasteiger partial charge in [0.1, 0.15) is 0 Å². The van der Waals surface area contributed by atoms with Gasteiger partial charge in [-0.3, -0.25) is 11.3 Å². The number of nitrogens with two attached hydrogens (primary N) is 1. The van der Waals surface area contributed by atoms with Crippen LogP contribution in [0.1, 0.15) is 30.3 Å². The molecule has 17 heavy (non-hydrogen) atoms. The Hall–Kier alpha value is 0.320. The normalized spacial score (nSPS) is 31.4. The molecular formula is C12H20N2S3. The van der Waals surface area contributed by atoms with Crippen LogP contribution in [0.15, 0.2) is 11.4 Å². The van der Waals surface area contributed by atoms with Crippen molar-refractivity contribution >= 4 is 34.9 Å². The van der Waals surface area contributed by atoms with Gasteiger partial charge < -0.3 is 0 Å². The fraction of sp³-hybridized carbons (Fsp3) is 0.667. The molecule has 3 N–H and O–H groups in total. The van der Waals surface area contributed by atoms with E-state index in [9.17, 15) is 0 Å². The SMILES string of the molecule is Cc1ccsc1C(NN)C1CSC(C)C(C)S1. The van der Waals surface area contributed by atoms with Crippen LogP contribution < -0.4 is 11.3 Å². The first kappa shape index (κ1) is 13.7. The van der Waals surface area contributed by atoms with Crippen LogP contribution in [0.2, 0.25) is 0 Å². The van der Waals surface area contributed by atoms with Crippen molar-refractivity contribution in [3.63, 3.8) is 0 Å². The summed E-state index contributed by atoms with van der Waals surface area (Å²) in [5.74, 6) is 6.96. The number of hydrogen-bond donors (Lipinski definition) is 2. The topological polar surface area (TPSA) is 38.0 Å². The van der Waals surface area contributed by atoms with E-state index in [1.807, 2.05) is 11.3 Å². The van der Waals surface area contributed by atoms with Crippen molar-refractivity contribution in [1.29, 1.82) is 0 Å². The van der Waals surface area contributed by atoms with E-state index in [2.05, 4.69) is 61.2 Å². The molecule has 1 aromatic rings. The van der Waals surface area contributed by atoms with Gasteiger partial charge in [0.2, 0.25) is 0 Å². The van der Waals surface area contributed by atoms with Crippen LogP contribution in [-0.4, -0.2) is 21.5 Å². The van der Waals surface area contributed by atoms with Crippen LogP contribution in [0.25, 0.3) is 0 Å². The van der Waals surface area contributed by atoms with Crippen molar-refractivity contribution in [2.45, 2.75) is 42.6 Å². The van der Waals surface area contributed by atoms with Gasteiger partial charge in [0.05, 0.1) is 6.04 Å². The van der Waals surface area contributed by atoms with E-state index in [4.69, 9.17) is 5.84 Å². The zero-order chi connectivity index (χ0) is 12.4. The number of thioether (sulfide) groups is 2. The first-order chi connectivity index (χ1) is 8.13. The van der Waals surface area contributed by atoms with Crippen molar-refractivity contribution < 1.29 is 0 Å². The fourth-order valence-corrected chi connectivity index (χ4v) is 6.25. The zero-order valence-electron chi connectivity index (χ0n) is 10.5. The largest absolute Gasteiger partial charge is 0.271 e. The van der Waals surface area contributed by atoms with Gasteiger partial charge >= 0.3 is 0 Å². The molecule has 2 rings (SSSR count). The van der Waals surface area contributed by atoms with Gasteiger partial charge in [-0.25, -0.2) is 0 Å². The third kappa shape index (κ3) is 3.01. The lowest BCUT2D eigenvalue weighted by molar-refractivity contribution is 0.556. The first-order valence-electron chi connectivity index (χ1n) is 5.90. The lowest BCUT2D eigenvalue weighted by Gasteiger charge is -2.35. The molecule has 96 valence electrons. The zero-order valence-corrected chi connectivity index (χ0v) is 12.9. The van der Waals surface area contributed by atoms with E-state index < -0.39 is 0 Å². The predicted molar refractivity (Wildman–Crippen MR) is 81.9 cm³/mol. The minimum atomic E-state index is 0.294. The van der Waals surface area contributed by atoms with Crippen molar-refractivity contribution in [3.05, 3.63) is 21.9 Å². The molecule has 1 aliphatic rings. The van der Waals surface area contributed by atoms with E-state index in [-0.39, 0.29) is 0 Å². The summed E-state index contributed by atoms with van der Waals surface area (Å²) < 4.78 is 0. The number of thiophene rings is 1. The summed E-state index contributed by atoms with van der Waals surface area (Å²) in [5, 5.41) is 4.18. The number of hydrazine groups is 1. The average molecular weight is 289 g/mol. The van der Waals surface area contributed by atoms with Gasteiger partial charge in [0, 0.05) is 26.4 Å². The second kappa shape index (κ2) is 5.97. The summed E-state index contributed by atoms with van der Waals surface area (Å²) in [5.41, 5.74) is 4.38. The molecular weight excluding hydrogens is 268 g/mol. The van der Waals surface area contributed by atoms with Gasteiger partial charge in [-0.05, 0) is 23.9 Å². The molecule has 0 spiro atoms. The Balaban J connectivity index is 2.12. The third-order valence-corrected chi connectivity index (χ3v) is 7.91. The highest BCUT2D eigenvalue weighted by Crippen LogP contribution is 2.42. The van der Waals surface area contributed by atoms with E-state index in [1.54, 1.807) is 0 Å². The Kier molecular flexibility index (Phi) is 4.83. The van der Waals surface area contributed by atoms with Crippen molar-refractivity contribution in [3.8, 4) is 0 Å². The maximum atomic E-state index is 5.78.